The molecule has 0 spiro atoms. The highest BCUT2D eigenvalue weighted by Crippen LogP contribution is 2.41. The first-order valence-electron chi connectivity index (χ1n) is 8.10. The molecule has 4 rings (SSSR count). The van der Waals surface area contributed by atoms with Gasteiger partial charge in [-0.3, -0.25) is 4.79 Å². The number of halogens is 1. The predicted molar refractivity (Wildman–Crippen MR) is 88.1 cm³/mol. The average Bonchev–Trinajstić information content (AvgIpc) is 3.11. The Bertz CT molecular complexity index is 824. The van der Waals surface area contributed by atoms with Gasteiger partial charge >= 0.3 is 0 Å². The van der Waals surface area contributed by atoms with Crippen molar-refractivity contribution in [1.29, 1.82) is 0 Å². The molecule has 2 N–H and O–H groups in total. The van der Waals surface area contributed by atoms with Gasteiger partial charge in [-0.05, 0) is 12.1 Å². The number of aliphatic hydroxyl groups is 1. The van der Waals surface area contributed by atoms with Crippen LogP contribution in [0.15, 0.2) is 30.7 Å². The van der Waals surface area contributed by atoms with Crippen LogP contribution in [0.1, 0.15) is 16.9 Å². The summed E-state index contributed by atoms with van der Waals surface area (Å²) in [6, 6.07) is 3.57. The van der Waals surface area contributed by atoms with E-state index in [0.29, 0.717) is 17.9 Å². The maximum Gasteiger partial charge on any atom is 0.269 e. The van der Waals surface area contributed by atoms with Gasteiger partial charge in [-0.1, -0.05) is 0 Å². The van der Waals surface area contributed by atoms with Crippen molar-refractivity contribution in [3.8, 4) is 5.75 Å². The predicted octanol–water partition coefficient (Wildman–Crippen LogP) is 0.688. The molecule has 0 saturated heterocycles. The van der Waals surface area contributed by atoms with Gasteiger partial charge in [0.05, 0.1) is 36.4 Å². The Hall–Kier alpha value is -2.61. The van der Waals surface area contributed by atoms with Crippen LogP contribution in [0.3, 0.4) is 0 Å². The standard InChI is InChI=1S/C17H19FN4O3/c1-21-8-19-7-12(21)17(24)20-10-6-14-15(16(10)23)22(2)11-4-3-9(18)5-13(11)25-14/h3-5,7-8,10,14-16,23H,6H2,1-2H3,(H,20,24)/t10-,14-,15-,16-/m1/s1. The van der Waals surface area contributed by atoms with Gasteiger partial charge in [0.25, 0.3) is 5.91 Å². The van der Waals surface area contributed by atoms with Crippen LogP contribution in [0.2, 0.25) is 0 Å². The number of ether oxygens (including phenoxy) is 1. The summed E-state index contributed by atoms with van der Waals surface area (Å²) in [5, 5.41) is 13.6. The van der Waals surface area contributed by atoms with Crippen LogP contribution in [-0.2, 0) is 7.05 Å². The molecule has 1 fully saturated rings. The summed E-state index contributed by atoms with van der Waals surface area (Å²) >= 11 is 0. The number of fused-ring (bicyclic) bond motifs is 2. The van der Waals surface area contributed by atoms with Crippen molar-refractivity contribution < 1.29 is 19.0 Å². The Morgan fingerprint density at radius 1 is 1.44 bits per heavy atom. The normalized spacial score (nSPS) is 27.4. The average molecular weight is 346 g/mol. The summed E-state index contributed by atoms with van der Waals surface area (Å²) in [6.07, 6.45) is 2.33. The van der Waals surface area contributed by atoms with E-state index in [-0.39, 0.29) is 23.9 Å². The number of hydrogen-bond donors (Lipinski definition) is 2. The second kappa shape index (κ2) is 5.73. The molecule has 1 saturated carbocycles. The van der Waals surface area contributed by atoms with Crippen LogP contribution in [0.5, 0.6) is 5.75 Å². The number of carbonyl (C=O) groups excluding carboxylic acids is 1. The molecule has 2 aliphatic rings. The number of aliphatic hydroxyl groups excluding tert-OH is 1. The number of carbonyl (C=O) groups is 1. The highest BCUT2D eigenvalue weighted by atomic mass is 19.1. The zero-order valence-corrected chi connectivity index (χ0v) is 13.9. The van der Waals surface area contributed by atoms with Gasteiger partial charge < -0.3 is 24.6 Å². The lowest BCUT2D eigenvalue weighted by Crippen LogP contribution is -2.52. The fourth-order valence-corrected chi connectivity index (χ4v) is 3.74. The van der Waals surface area contributed by atoms with Crippen molar-refractivity contribution in [2.75, 3.05) is 11.9 Å². The third-order valence-electron chi connectivity index (χ3n) is 5.02. The fraction of sp³-hybridized carbons (Fsp3) is 0.412. The summed E-state index contributed by atoms with van der Waals surface area (Å²) in [5.74, 6) is -0.214. The lowest BCUT2D eigenvalue weighted by Gasteiger charge is -2.39. The molecule has 2 heterocycles. The summed E-state index contributed by atoms with van der Waals surface area (Å²) in [6.45, 7) is 0. The topological polar surface area (TPSA) is 79.6 Å². The van der Waals surface area contributed by atoms with E-state index in [1.807, 2.05) is 11.9 Å². The van der Waals surface area contributed by atoms with E-state index < -0.39 is 12.1 Å². The van der Waals surface area contributed by atoms with E-state index in [4.69, 9.17) is 4.74 Å². The molecule has 1 amide bonds. The van der Waals surface area contributed by atoms with Gasteiger partial charge in [-0.25, -0.2) is 9.37 Å². The number of aryl methyl sites for hydroxylation is 1. The molecule has 0 radical (unpaired) electrons. The Labute approximate surface area is 144 Å². The number of amides is 1. The van der Waals surface area contributed by atoms with Gasteiger partial charge in [0.15, 0.2) is 0 Å². The van der Waals surface area contributed by atoms with Gasteiger partial charge in [-0.15, -0.1) is 0 Å². The lowest BCUT2D eigenvalue weighted by molar-refractivity contribution is 0.0820. The van der Waals surface area contributed by atoms with Crippen molar-refractivity contribution in [3.05, 3.63) is 42.2 Å². The summed E-state index contributed by atoms with van der Waals surface area (Å²) in [7, 11) is 3.57. The number of rotatable bonds is 2. The molecule has 1 aromatic carbocycles. The first kappa shape index (κ1) is 15.9. The van der Waals surface area contributed by atoms with E-state index in [9.17, 15) is 14.3 Å². The second-order valence-corrected chi connectivity index (χ2v) is 6.57. The number of nitrogens with zero attached hydrogens (tertiary/aromatic N) is 3. The molecule has 4 atom stereocenters. The van der Waals surface area contributed by atoms with Gasteiger partial charge in [0, 0.05) is 26.6 Å². The zero-order valence-electron chi connectivity index (χ0n) is 13.9. The molecule has 1 aliphatic carbocycles. The summed E-state index contributed by atoms with van der Waals surface area (Å²) in [4.78, 5) is 18.2. The minimum absolute atomic E-state index is 0.297. The quantitative estimate of drug-likeness (QED) is 0.836. The molecular weight excluding hydrogens is 327 g/mol. The molecule has 2 aromatic rings. The highest BCUT2D eigenvalue weighted by Gasteiger charge is 2.49. The monoisotopic (exact) mass is 346 g/mol. The van der Waals surface area contributed by atoms with E-state index in [0.717, 1.165) is 5.69 Å². The molecular formula is C17H19FN4O3. The maximum atomic E-state index is 13.5. The van der Waals surface area contributed by atoms with Crippen LogP contribution in [-0.4, -0.2) is 51.9 Å². The van der Waals surface area contributed by atoms with E-state index in [1.54, 1.807) is 24.0 Å². The van der Waals surface area contributed by atoms with E-state index in [2.05, 4.69) is 10.3 Å². The maximum absolute atomic E-state index is 13.5. The van der Waals surface area contributed by atoms with Crippen molar-refractivity contribution in [2.24, 2.45) is 7.05 Å². The number of hydrogen-bond acceptors (Lipinski definition) is 5. The Morgan fingerprint density at radius 2 is 2.24 bits per heavy atom. The molecule has 1 aliphatic heterocycles. The van der Waals surface area contributed by atoms with Crippen LogP contribution in [0, 0.1) is 5.82 Å². The number of likely N-dealkylation sites (N-methyl/N-ethyl adjacent to an activating group) is 1. The first-order valence-corrected chi connectivity index (χ1v) is 8.10. The van der Waals surface area contributed by atoms with Gasteiger partial charge in [0.1, 0.15) is 23.4 Å². The third kappa shape index (κ3) is 2.53. The van der Waals surface area contributed by atoms with Crippen LogP contribution >= 0.6 is 0 Å². The van der Waals surface area contributed by atoms with Crippen molar-refractivity contribution in [2.45, 2.75) is 30.7 Å². The van der Waals surface area contributed by atoms with Crippen molar-refractivity contribution in [1.82, 2.24) is 14.9 Å². The molecule has 1 aromatic heterocycles. The molecule has 0 bridgehead atoms. The number of aromatic nitrogens is 2. The summed E-state index contributed by atoms with van der Waals surface area (Å²) in [5.41, 5.74) is 1.14. The largest absolute Gasteiger partial charge is 0.486 e. The minimum atomic E-state index is -0.801. The number of imidazole rings is 1. The first-order chi connectivity index (χ1) is 12.0. The highest BCUT2D eigenvalue weighted by molar-refractivity contribution is 5.92. The second-order valence-electron chi connectivity index (χ2n) is 6.57. The molecule has 7 nitrogen and oxygen atoms in total. The Balaban J connectivity index is 1.55. The van der Waals surface area contributed by atoms with E-state index >= 15 is 0 Å². The van der Waals surface area contributed by atoms with Crippen LogP contribution < -0.4 is 15.0 Å². The van der Waals surface area contributed by atoms with Gasteiger partial charge in [0.2, 0.25) is 0 Å². The smallest absolute Gasteiger partial charge is 0.269 e. The zero-order chi connectivity index (χ0) is 17.7. The molecule has 25 heavy (non-hydrogen) atoms. The van der Waals surface area contributed by atoms with Crippen molar-refractivity contribution in [3.63, 3.8) is 0 Å². The lowest BCUT2D eigenvalue weighted by atomic mass is 10.1. The van der Waals surface area contributed by atoms with Crippen LogP contribution in [0.25, 0.3) is 0 Å². The number of nitrogens with one attached hydrogen (secondary N) is 1. The number of anilines is 1. The minimum Gasteiger partial charge on any atom is -0.486 e. The Kier molecular flexibility index (Phi) is 3.64. The fourth-order valence-electron chi connectivity index (χ4n) is 3.74. The molecule has 0 unspecified atom stereocenters. The van der Waals surface area contributed by atoms with Crippen LogP contribution in [0.4, 0.5) is 10.1 Å². The summed E-state index contributed by atoms with van der Waals surface area (Å²) < 4.78 is 21.0. The van der Waals surface area contributed by atoms with E-state index in [1.165, 1.54) is 18.3 Å². The number of benzene rings is 1. The third-order valence-corrected chi connectivity index (χ3v) is 5.02. The van der Waals surface area contributed by atoms with Crippen molar-refractivity contribution >= 4 is 11.6 Å². The molecule has 8 heteroatoms. The Morgan fingerprint density at radius 3 is 2.96 bits per heavy atom. The molecule has 132 valence electrons. The SMILES string of the molecule is CN1c2ccc(F)cc2O[C@@H]2C[C@@H](NC(=O)c3cncn3C)[C@@H](O)[C@@H]21. The van der Waals surface area contributed by atoms with Gasteiger partial charge in [-0.2, -0.15) is 0 Å².